The van der Waals surface area contributed by atoms with Gasteiger partial charge >= 0.3 is 0 Å². The topological polar surface area (TPSA) is 23.8 Å². The molecule has 0 aliphatic heterocycles. The molecule has 78 valence electrons. The van der Waals surface area contributed by atoms with Crippen LogP contribution in [0.4, 0.5) is 4.39 Å². The number of allylic oxidation sites excluding steroid dienone is 1. The van der Waals surface area contributed by atoms with E-state index in [1.54, 1.807) is 12.1 Å². The van der Waals surface area contributed by atoms with Crippen LogP contribution in [0.25, 0.3) is 5.57 Å². The first kappa shape index (κ1) is 12.5. The van der Waals surface area contributed by atoms with Gasteiger partial charge in [0.25, 0.3) is 0 Å². The molecule has 0 aliphatic carbocycles. The molecule has 0 saturated heterocycles. The number of nitrogens with zero attached hydrogens (tertiary/aromatic N) is 1. The number of hydrogen-bond donors (Lipinski definition) is 0. The third-order valence-corrected chi connectivity index (χ3v) is 4.22. The van der Waals surface area contributed by atoms with Crippen LogP contribution < -0.4 is 0 Å². The second kappa shape index (κ2) is 6.13. The zero-order chi connectivity index (χ0) is 11.3. The van der Waals surface area contributed by atoms with Gasteiger partial charge in [0, 0.05) is 9.33 Å². The molecular formula is C11H9FINS. The maximum atomic E-state index is 12.7. The van der Waals surface area contributed by atoms with Crippen molar-refractivity contribution < 1.29 is 4.39 Å². The maximum Gasteiger partial charge on any atom is 0.133 e. The molecule has 0 saturated carbocycles. The van der Waals surface area contributed by atoms with Crippen molar-refractivity contribution in [1.82, 2.24) is 0 Å². The minimum atomic E-state index is -0.229. The average Bonchev–Trinajstić information content (AvgIpc) is 2.26. The molecule has 0 bridgehead atoms. The van der Waals surface area contributed by atoms with E-state index in [1.165, 1.54) is 23.9 Å². The standard InChI is InChI=1S/C11H9FINS/c1-8(11(13)6-15-7-14)9-2-4-10(12)5-3-9/h2-5H,6H2,1H3/b11-8-. The van der Waals surface area contributed by atoms with Gasteiger partial charge in [-0.3, -0.25) is 0 Å². The molecule has 0 N–H and O–H groups in total. The molecule has 1 aromatic rings. The Balaban J connectivity index is 2.88. The smallest absolute Gasteiger partial charge is 0.133 e. The number of halogens is 2. The summed E-state index contributed by atoms with van der Waals surface area (Å²) in [5.74, 6) is 0.452. The van der Waals surface area contributed by atoms with Gasteiger partial charge in [0.15, 0.2) is 0 Å². The molecule has 0 fully saturated rings. The van der Waals surface area contributed by atoms with Crippen molar-refractivity contribution in [3.63, 3.8) is 0 Å². The normalized spacial score (nSPS) is 11.9. The summed E-state index contributed by atoms with van der Waals surface area (Å²) in [4.78, 5) is 0. The van der Waals surface area contributed by atoms with Crippen LogP contribution in [-0.2, 0) is 0 Å². The average molecular weight is 333 g/mol. The Bertz CT molecular complexity index is 406. The van der Waals surface area contributed by atoms with E-state index in [0.29, 0.717) is 5.75 Å². The van der Waals surface area contributed by atoms with Crippen molar-refractivity contribution in [1.29, 1.82) is 5.26 Å². The highest BCUT2D eigenvalue weighted by molar-refractivity contribution is 14.1. The summed E-state index contributed by atoms with van der Waals surface area (Å²) in [5, 5.41) is 10.5. The van der Waals surface area contributed by atoms with Crippen molar-refractivity contribution in [2.24, 2.45) is 0 Å². The van der Waals surface area contributed by atoms with E-state index >= 15 is 0 Å². The molecule has 1 nitrogen and oxygen atoms in total. The molecule has 0 radical (unpaired) electrons. The van der Waals surface area contributed by atoms with E-state index in [-0.39, 0.29) is 5.82 Å². The van der Waals surface area contributed by atoms with E-state index in [9.17, 15) is 4.39 Å². The van der Waals surface area contributed by atoms with Crippen molar-refractivity contribution in [3.8, 4) is 5.40 Å². The lowest BCUT2D eigenvalue weighted by molar-refractivity contribution is 0.627. The van der Waals surface area contributed by atoms with E-state index in [0.717, 1.165) is 14.7 Å². The molecular weight excluding hydrogens is 324 g/mol. The summed E-state index contributed by atoms with van der Waals surface area (Å²) < 4.78 is 13.8. The molecule has 1 rings (SSSR count). The molecule has 0 aliphatic rings. The zero-order valence-electron chi connectivity index (χ0n) is 8.13. The van der Waals surface area contributed by atoms with Crippen LogP contribution in [-0.4, -0.2) is 5.75 Å². The van der Waals surface area contributed by atoms with Gasteiger partial charge < -0.3 is 0 Å². The predicted molar refractivity (Wildman–Crippen MR) is 71.1 cm³/mol. The third-order valence-electron chi connectivity index (χ3n) is 1.95. The van der Waals surface area contributed by atoms with Gasteiger partial charge in [-0.05, 0) is 64.5 Å². The van der Waals surface area contributed by atoms with Gasteiger partial charge in [0.2, 0.25) is 0 Å². The monoisotopic (exact) mass is 333 g/mol. The van der Waals surface area contributed by atoms with Gasteiger partial charge in [0.1, 0.15) is 11.2 Å². The summed E-state index contributed by atoms with van der Waals surface area (Å²) >= 11 is 3.43. The lowest BCUT2D eigenvalue weighted by atomic mass is 10.1. The molecule has 1 aromatic carbocycles. The largest absolute Gasteiger partial charge is 0.207 e. The van der Waals surface area contributed by atoms with Gasteiger partial charge in [0.05, 0.1) is 0 Å². The van der Waals surface area contributed by atoms with Crippen LogP contribution in [0.5, 0.6) is 0 Å². The fourth-order valence-electron chi connectivity index (χ4n) is 1.06. The Morgan fingerprint density at radius 2 is 2.07 bits per heavy atom. The number of hydrogen-bond acceptors (Lipinski definition) is 2. The Kier molecular flexibility index (Phi) is 5.12. The summed E-state index contributed by atoms with van der Waals surface area (Å²) in [7, 11) is 0. The highest BCUT2D eigenvalue weighted by Crippen LogP contribution is 2.25. The second-order valence-corrected chi connectivity index (χ2v) is 4.98. The molecule has 4 heteroatoms. The summed E-state index contributed by atoms with van der Waals surface area (Å²) in [6.45, 7) is 1.98. The molecule has 0 atom stereocenters. The SMILES string of the molecule is C/C(=C(/I)CSC#N)c1ccc(F)cc1. The number of benzene rings is 1. The van der Waals surface area contributed by atoms with Crippen LogP contribution in [0.3, 0.4) is 0 Å². The fraction of sp³-hybridized carbons (Fsp3) is 0.182. The van der Waals surface area contributed by atoms with Crippen LogP contribution in [0.2, 0.25) is 0 Å². The fourth-order valence-corrected chi connectivity index (χ4v) is 2.25. The Morgan fingerprint density at radius 3 is 2.60 bits per heavy atom. The minimum absolute atomic E-state index is 0.229. The van der Waals surface area contributed by atoms with E-state index in [2.05, 4.69) is 22.6 Å². The first-order valence-corrected chi connectivity index (χ1v) is 6.33. The molecule has 15 heavy (non-hydrogen) atoms. The summed E-state index contributed by atoms with van der Waals surface area (Å²) in [6.07, 6.45) is 0. The number of rotatable bonds is 3. The lowest BCUT2D eigenvalue weighted by Crippen LogP contribution is -1.86. The highest BCUT2D eigenvalue weighted by atomic mass is 127. The lowest BCUT2D eigenvalue weighted by Gasteiger charge is -2.04. The zero-order valence-corrected chi connectivity index (χ0v) is 11.1. The van der Waals surface area contributed by atoms with E-state index in [4.69, 9.17) is 5.26 Å². The predicted octanol–water partition coefficient (Wildman–Crippen LogP) is 4.21. The quantitative estimate of drug-likeness (QED) is 0.611. The Hall–Kier alpha value is -0.540. The van der Waals surface area contributed by atoms with Crippen LogP contribution >= 0.6 is 34.4 Å². The van der Waals surface area contributed by atoms with Crippen molar-refractivity contribution in [2.45, 2.75) is 6.92 Å². The highest BCUT2D eigenvalue weighted by Gasteiger charge is 2.02. The van der Waals surface area contributed by atoms with Gasteiger partial charge in [-0.1, -0.05) is 12.1 Å². The Labute approximate surface area is 107 Å². The first-order chi connectivity index (χ1) is 7.15. The van der Waals surface area contributed by atoms with Crippen LogP contribution in [0.1, 0.15) is 12.5 Å². The van der Waals surface area contributed by atoms with Gasteiger partial charge in [-0.25, -0.2) is 4.39 Å². The second-order valence-electron chi connectivity index (χ2n) is 2.92. The van der Waals surface area contributed by atoms with Crippen molar-refractivity contribution in [3.05, 3.63) is 39.2 Å². The number of thioether (sulfide) groups is 1. The van der Waals surface area contributed by atoms with Crippen molar-refractivity contribution in [2.75, 3.05) is 5.75 Å². The Morgan fingerprint density at radius 1 is 1.47 bits per heavy atom. The van der Waals surface area contributed by atoms with Crippen LogP contribution in [0, 0.1) is 16.5 Å². The third kappa shape index (κ3) is 3.84. The first-order valence-electron chi connectivity index (χ1n) is 4.27. The van der Waals surface area contributed by atoms with Crippen LogP contribution in [0.15, 0.2) is 27.8 Å². The minimum Gasteiger partial charge on any atom is -0.207 e. The summed E-state index contributed by atoms with van der Waals surface area (Å²) in [6, 6.07) is 6.39. The molecule has 0 aromatic heterocycles. The summed E-state index contributed by atoms with van der Waals surface area (Å²) in [5.41, 5.74) is 2.10. The molecule has 0 heterocycles. The van der Waals surface area contributed by atoms with Crippen molar-refractivity contribution >= 4 is 39.9 Å². The van der Waals surface area contributed by atoms with E-state index < -0.39 is 0 Å². The molecule has 0 spiro atoms. The van der Waals surface area contributed by atoms with E-state index in [1.807, 2.05) is 12.3 Å². The maximum absolute atomic E-state index is 12.7. The number of thiocyanates is 1. The van der Waals surface area contributed by atoms with Gasteiger partial charge in [-0.15, -0.1) is 0 Å². The molecule has 0 unspecified atom stereocenters. The van der Waals surface area contributed by atoms with Gasteiger partial charge in [-0.2, -0.15) is 5.26 Å². The number of nitriles is 1. The molecule has 0 amide bonds.